The quantitative estimate of drug-likeness (QED) is 0.839. The summed E-state index contributed by atoms with van der Waals surface area (Å²) >= 11 is 0. The largest absolute Gasteiger partial charge is 0.436 e. The van der Waals surface area contributed by atoms with Crippen molar-refractivity contribution in [2.45, 2.75) is 27.7 Å². The number of aromatic nitrogens is 3. The highest BCUT2D eigenvalue weighted by molar-refractivity contribution is 5.92. The van der Waals surface area contributed by atoms with Gasteiger partial charge in [0, 0.05) is 44.4 Å². The normalized spacial score (nSPS) is 15.1. The van der Waals surface area contributed by atoms with Crippen LogP contribution >= 0.6 is 0 Å². The number of carbonyl (C=O) groups is 1. The molecule has 3 rings (SSSR count). The monoisotopic (exact) mass is 315 g/mol. The molecule has 3 heterocycles. The first kappa shape index (κ1) is 15.5. The number of anilines is 1. The van der Waals surface area contributed by atoms with Crippen LogP contribution in [0.1, 0.15) is 33.4 Å². The van der Waals surface area contributed by atoms with Crippen molar-refractivity contribution in [2.75, 3.05) is 31.1 Å². The Labute approximate surface area is 135 Å². The molecule has 0 N–H and O–H groups in total. The van der Waals surface area contributed by atoms with Crippen molar-refractivity contribution in [2.24, 2.45) is 0 Å². The topological polar surface area (TPSA) is 75.4 Å². The van der Waals surface area contributed by atoms with Gasteiger partial charge in [-0.25, -0.2) is 15.0 Å². The highest BCUT2D eigenvalue weighted by Crippen LogP contribution is 2.21. The van der Waals surface area contributed by atoms with Crippen LogP contribution in [0.2, 0.25) is 0 Å². The minimum Gasteiger partial charge on any atom is -0.436 e. The molecule has 0 spiro atoms. The van der Waals surface area contributed by atoms with Crippen LogP contribution in [0.3, 0.4) is 0 Å². The van der Waals surface area contributed by atoms with Crippen LogP contribution in [0.15, 0.2) is 10.7 Å². The Morgan fingerprint density at radius 1 is 1.04 bits per heavy atom. The molecule has 7 heteroatoms. The van der Waals surface area contributed by atoms with E-state index in [-0.39, 0.29) is 5.91 Å². The van der Waals surface area contributed by atoms with Crippen molar-refractivity contribution in [3.8, 4) is 0 Å². The summed E-state index contributed by atoms with van der Waals surface area (Å²) < 4.78 is 5.44. The van der Waals surface area contributed by atoms with Gasteiger partial charge < -0.3 is 14.2 Å². The Balaban J connectivity index is 1.70. The van der Waals surface area contributed by atoms with Gasteiger partial charge in [0.15, 0.2) is 5.89 Å². The Hall–Kier alpha value is -2.44. The summed E-state index contributed by atoms with van der Waals surface area (Å²) in [4.78, 5) is 29.3. The Kier molecular flexibility index (Phi) is 4.02. The molecule has 122 valence electrons. The van der Waals surface area contributed by atoms with E-state index in [4.69, 9.17) is 4.42 Å². The van der Waals surface area contributed by atoms with Crippen LogP contribution in [-0.2, 0) is 0 Å². The smallest absolute Gasteiger partial charge is 0.291 e. The number of rotatable bonds is 2. The van der Waals surface area contributed by atoms with Crippen molar-refractivity contribution >= 4 is 11.7 Å². The van der Waals surface area contributed by atoms with Crippen LogP contribution in [0, 0.1) is 27.7 Å². The fraction of sp³-hybridized carbons (Fsp3) is 0.500. The first-order valence-corrected chi connectivity index (χ1v) is 7.74. The summed E-state index contributed by atoms with van der Waals surface area (Å²) in [5.74, 6) is 1.75. The van der Waals surface area contributed by atoms with Crippen molar-refractivity contribution < 1.29 is 9.21 Å². The zero-order chi connectivity index (χ0) is 16.6. The predicted molar refractivity (Wildman–Crippen MR) is 85.6 cm³/mol. The molecule has 1 fully saturated rings. The van der Waals surface area contributed by atoms with Crippen LogP contribution < -0.4 is 4.90 Å². The molecule has 23 heavy (non-hydrogen) atoms. The van der Waals surface area contributed by atoms with Gasteiger partial charge >= 0.3 is 0 Å². The summed E-state index contributed by atoms with van der Waals surface area (Å²) in [5.41, 5.74) is 2.73. The summed E-state index contributed by atoms with van der Waals surface area (Å²) in [6.07, 6.45) is 1.59. The van der Waals surface area contributed by atoms with E-state index in [1.807, 2.05) is 18.7 Å². The van der Waals surface area contributed by atoms with E-state index in [1.54, 1.807) is 20.2 Å². The lowest BCUT2D eigenvalue weighted by Crippen LogP contribution is -2.49. The van der Waals surface area contributed by atoms with E-state index in [1.165, 1.54) is 0 Å². The van der Waals surface area contributed by atoms with Gasteiger partial charge in [-0.05, 0) is 20.8 Å². The average molecular weight is 315 g/mol. The minimum absolute atomic E-state index is 0.0849. The third kappa shape index (κ3) is 2.91. The fourth-order valence-electron chi connectivity index (χ4n) is 2.84. The van der Waals surface area contributed by atoms with Gasteiger partial charge in [0.2, 0.25) is 5.76 Å². The standard InChI is InChI=1S/C16H21N5O2/c1-10-11(2)17-9-18-15(10)20-5-7-21(8-6-20)16(22)14-12(3)19-13(4)23-14/h9H,5-8H2,1-4H3. The molecular formula is C16H21N5O2. The molecule has 0 unspecified atom stereocenters. The summed E-state index contributed by atoms with van der Waals surface area (Å²) in [7, 11) is 0. The molecule has 0 atom stereocenters. The number of hydrogen-bond donors (Lipinski definition) is 0. The molecule has 0 aliphatic carbocycles. The zero-order valence-corrected chi connectivity index (χ0v) is 14.0. The number of hydrogen-bond acceptors (Lipinski definition) is 6. The van der Waals surface area contributed by atoms with Crippen molar-refractivity contribution in [1.82, 2.24) is 19.9 Å². The van der Waals surface area contributed by atoms with Crippen molar-refractivity contribution in [3.63, 3.8) is 0 Å². The molecule has 0 radical (unpaired) electrons. The number of nitrogens with zero attached hydrogens (tertiary/aromatic N) is 5. The second-order valence-corrected chi connectivity index (χ2v) is 5.83. The number of aryl methyl sites for hydroxylation is 3. The number of piperazine rings is 1. The lowest BCUT2D eigenvalue weighted by atomic mass is 10.2. The van der Waals surface area contributed by atoms with Gasteiger partial charge in [-0.3, -0.25) is 4.79 Å². The zero-order valence-electron chi connectivity index (χ0n) is 14.0. The molecule has 1 saturated heterocycles. The van der Waals surface area contributed by atoms with Crippen LogP contribution in [0.5, 0.6) is 0 Å². The molecular weight excluding hydrogens is 294 g/mol. The Morgan fingerprint density at radius 3 is 2.35 bits per heavy atom. The van der Waals surface area contributed by atoms with Gasteiger partial charge in [-0.2, -0.15) is 0 Å². The Bertz CT molecular complexity index is 732. The third-order valence-electron chi connectivity index (χ3n) is 4.27. The predicted octanol–water partition coefficient (Wildman–Crippen LogP) is 1.66. The number of carbonyl (C=O) groups excluding carboxylic acids is 1. The molecule has 0 aromatic carbocycles. The molecule has 2 aromatic rings. The third-order valence-corrected chi connectivity index (χ3v) is 4.27. The lowest BCUT2D eigenvalue weighted by molar-refractivity contribution is 0.0712. The van der Waals surface area contributed by atoms with E-state index >= 15 is 0 Å². The van der Waals surface area contributed by atoms with Crippen LogP contribution in [-0.4, -0.2) is 51.9 Å². The molecule has 0 saturated carbocycles. The SMILES string of the molecule is Cc1nc(C)c(C(=O)N2CCN(c3ncnc(C)c3C)CC2)o1. The van der Waals surface area contributed by atoms with E-state index in [2.05, 4.69) is 19.9 Å². The second kappa shape index (κ2) is 5.98. The molecule has 0 bridgehead atoms. The lowest BCUT2D eigenvalue weighted by Gasteiger charge is -2.35. The maximum absolute atomic E-state index is 12.5. The summed E-state index contributed by atoms with van der Waals surface area (Å²) in [5, 5.41) is 0. The van der Waals surface area contributed by atoms with E-state index in [0.717, 1.165) is 30.2 Å². The maximum Gasteiger partial charge on any atom is 0.291 e. The molecule has 1 amide bonds. The van der Waals surface area contributed by atoms with E-state index in [9.17, 15) is 4.79 Å². The average Bonchev–Trinajstić information content (AvgIpc) is 2.88. The van der Waals surface area contributed by atoms with E-state index in [0.29, 0.717) is 30.4 Å². The Morgan fingerprint density at radius 2 is 1.74 bits per heavy atom. The van der Waals surface area contributed by atoms with Gasteiger partial charge in [0.05, 0.1) is 5.69 Å². The first-order chi connectivity index (χ1) is 11.0. The molecule has 2 aromatic heterocycles. The maximum atomic E-state index is 12.5. The first-order valence-electron chi connectivity index (χ1n) is 7.74. The minimum atomic E-state index is -0.0849. The van der Waals surface area contributed by atoms with E-state index < -0.39 is 0 Å². The van der Waals surface area contributed by atoms with Gasteiger partial charge in [0.1, 0.15) is 12.1 Å². The highest BCUT2D eigenvalue weighted by atomic mass is 16.4. The molecule has 7 nitrogen and oxygen atoms in total. The van der Waals surface area contributed by atoms with Crippen molar-refractivity contribution in [1.29, 1.82) is 0 Å². The van der Waals surface area contributed by atoms with Gasteiger partial charge in [0.25, 0.3) is 5.91 Å². The van der Waals surface area contributed by atoms with Crippen LogP contribution in [0.4, 0.5) is 5.82 Å². The molecule has 1 aliphatic heterocycles. The summed E-state index contributed by atoms with van der Waals surface area (Å²) in [6, 6.07) is 0. The molecule has 1 aliphatic rings. The highest BCUT2D eigenvalue weighted by Gasteiger charge is 2.27. The van der Waals surface area contributed by atoms with Gasteiger partial charge in [-0.15, -0.1) is 0 Å². The number of oxazole rings is 1. The van der Waals surface area contributed by atoms with Gasteiger partial charge in [-0.1, -0.05) is 0 Å². The summed E-state index contributed by atoms with van der Waals surface area (Å²) in [6.45, 7) is 10.3. The van der Waals surface area contributed by atoms with Crippen molar-refractivity contribution in [3.05, 3.63) is 34.9 Å². The number of amides is 1. The van der Waals surface area contributed by atoms with Crippen LogP contribution in [0.25, 0.3) is 0 Å². The fourth-order valence-corrected chi connectivity index (χ4v) is 2.84. The second-order valence-electron chi connectivity index (χ2n) is 5.83.